The second kappa shape index (κ2) is 8.41. The molecule has 3 rings (SSSR count). The quantitative estimate of drug-likeness (QED) is 0.818. The summed E-state index contributed by atoms with van der Waals surface area (Å²) in [6.45, 7) is 3.61. The Bertz CT molecular complexity index is 901. The van der Waals surface area contributed by atoms with Crippen molar-refractivity contribution in [2.24, 2.45) is 0 Å². The zero-order valence-electron chi connectivity index (χ0n) is 15.2. The van der Waals surface area contributed by atoms with Gasteiger partial charge in [0, 0.05) is 31.5 Å². The van der Waals surface area contributed by atoms with E-state index in [0.29, 0.717) is 25.3 Å². The molecule has 0 bridgehead atoms. The molecule has 0 saturated carbocycles. The molecule has 2 aromatic rings. The Hall–Kier alpha value is -1.90. The Morgan fingerprint density at radius 3 is 2.33 bits per heavy atom. The van der Waals surface area contributed by atoms with Crippen molar-refractivity contribution in [2.45, 2.75) is 44.0 Å². The number of rotatable bonds is 5. The van der Waals surface area contributed by atoms with Gasteiger partial charge in [-0.3, -0.25) is 9.48 Å². The Balaban J connectivity index is 1.72. The van der Waals surface area contributed by atoms with Crippen LogP contribution in [-0.2, 0) is 16.6 Å². The zero-order valence-corrected chi connectivity index (χ0v) is 16.8. The van der Waals surface area contributed by atoms with Crippen molar-refractivity contribution < 1.29 is 13.2 Å². The van der Waals surface area contributed by atoms with Crippen LogP contribution in [0.2, 0.25) is 5.02 Å². The maximum atomic E-state index is 12.8. The second-order valence-corrected chi connectivity index (χ2v) is 8.82. The summed E-state index contributed by atoms with van der Waals surface area (Å²) in [5.74, 6) is -0.435. The first-order chi connectivity index (χ1) is 12.9. The van der Waals surface area contributed by atoms with E-state index in [1.165, 1.54) is 12.1 Å². The highest BCUT2D eigenvalue weighted by Crippen LogP contribution is 2.22. The molecule has 0 spiro atoms. The van der Waals surface area contributed by atoms with Gasteiger partial charge < -0.3 is 5.32 Å². The number of benzene rings is 1. The van der Waals surface area contributed by atoms with E-state index in [9.17, 15) is 13.2 Å². The zero-order chi connectivity index (χ0) is 19.4. The summed E-state index contributed by atoms with van der Waals surface area (Å²) >= 11 is 6.04. The fourth-order valence-electron chi connectivity index (χ4n) is 3.04. The molecule has 1 aromatic carbocycles. The molecule has 146 valence electrons. The fraction of sp³-hybridized carbons (Fsp3) is 0.444. The van der Waals surface area contributed by atoms with Gasteiger partial charge in [0.05, 0.1) is 9.92 Å². The number of carbonyl (C=O) groups excluding carboxylic acids is 1. The minimum atomic E-state index is -3.51. The molecule has 0 radical (unpaired) electrons. The van der Waals surface area contributed by atoms with Gasteiger partial charge in [0.1, 0.15) is 0 Å². The Morgan fingerprint density at radius 1 is 1.15 bits per heavy atom. The Kier molecular flexibility index (Phi) is 6.18. The summed E-state index contributed by atoms with van der Waals surface area (Å²) in [5.41, 5.74) is 0.622. The van der Waals surface area contributed by atoms with E-state index >= 15 is 0 Å². The fourth-order valence-corrected chi connectivity index (χ4v) is 4.80. The molecule has 7 nitrogen and oxygen atoms in total. The molecule has 1 fully saturated rings. The predicted octanol–water partition coefficient (Wildman–Crippen LogP) is 3.37. The third-order valence-corrected chi connectivity index (χ3v) is 6.76. The molecule has 1 N–H and O–H groups in total. The van der Waals surface area contributed by atoms with E-state index in [4.69, 9.17) is 11.6 Å². The molecule has 2 heterocycles. The predicted molar refractivity (Wildman–Crippen MR) is 105 cm³/mol. The van der Waals surface area contributed by atoms with Crippen molar-refractivity contribution in [1.82, 2.24) is 14.1 Å². The number of nitrogens with zero attached hydrogens (tertiary/aromatic N) is 3. The largest absolute Gasteiger partial charge is 0.321 e. The van der Waals surface area contributed by atoms with Crippen LogP contribution in [0.15, 0.2) is 35.4 Å². The molecule has 1 saturated heterocycles. The number of halogens is 1. The molecule has 1 aliphatic heterocycles. The van der Waals surface area contributed by atoms with Crippen molar-refractivity contribution in [3.8, 4) is 0 Å². The Morgan fingerprint density at radius 2 is 1.78 bits per heavy atom. The van der Waals surface area contributed by atoms with Crippen molar-refractivity contribution in [3.63, 3.8) is 0 Å². The standard InChI is InChI=1S/C18H23ClN4O3S/c1-2-22-13-16(19)17(21-22)18(24)20-14-7-9-15(10-8-14)27(25,26)23-11-5-3-4-6-12-23/h7-10,13H,2-6,11-12H2,1H3,(H,20,24). The number of aryl methyl sites for hydroxylation is 1. The van der Waals surface area contributed by atoms with E-state index in [1.54, 1.807) is 27.3 Å². The first-order valence-electron chi connectivity index (χ1n) is 9.06. The van der Waals surface area contributed by atoms with Crippen molar-refractivity contribution >= 4 is 33.2 Å². The summed E-state index contributed by atoms with van der Waals surface area (Å²) in [6.07, 6.45) is 5.49. The van der Waals surface area contributed by atoms with Gasteiger partial charge >= 0.3 is 0 Å². The topological polar surface area (TPSA) is 84.3 Å². The van der Waals surface area contributed by atoms with Crippen LogP contribution >= 0.6 is 11.6 Å². The number of anilines is 1. The molecule has 1 aromatic heterocycles. The van der Waals surface area contributed by atoms with Gasteiger partial charge in [0.15, 0.2) is 5.69 Å². The van der Waals surface area contributed by atoms with Crippen LogP contribution < -0.4 is 5.32 Å². The number of amides is 1. The minimum absolute atomic E-state index is 0.139. The summed E-state index contributed by atoms with van der Waals surface area (Å²) in [7, 11) is -3.51. The highest BCUT2D eigenvalue weighted by molar-refractivity contribution is 7.89. The van der Waals surface area contributed by atoms with Crippen LogP contribution in [0.4, 0.5) is 5.69 Å². The summed E-state index contributed by atoms with van der Waals surface area (Å²) in [4.78, 5) is 12.6. The van der Waals surface area contributed by atoms with Gasteiger partial charge in [0.25, 0.3) is 5.91 Å². The van der Waals surface area contributed by atoms with Crippen LogP contribution in [0.3, 0.4) is 0 Å². The lowest BCUT2D eigenvalue weighted by Crippen LogP contribution is -2.31. The molecule has 0 atom stereocenters. The monoisotopic (exact) mass is 410 g/mol. The normalized spacial score (nSPS) is 16.1. The van der Waals surface area contributed by atoms with Crippen LogP contribution in [0.25, 0.3) is 0 Å². The third-order valence-electron chi connectivity index (χ3n) is 4.57. The van der Waals surface area contributed by atoms with Crippen LogP contribution in [-0.4, -0.2) is 41.5 Å². The average Bonchev–Trinajstić information content (AvgIpc) is 2.85. The first kappa shape index (κ1) is 19.9. The first-order valence-corrected chi connectivity index (χ1v) is 10.9. The Labute approximate surface area is 164 Å². The number of nitrogens with one attached hydrogen (secondary N) is 1. The highest BCUT2D eigenvalue weighted by atomic mass is 35.5. The number of carbonyl (C=O) groups is 1. The van der Waals surface area contributed by atoms with E-state index < -0.39 is 15.9 Å². The van der Waals surface area contributed by atoms with Crippen molar-refractivity contribution in [2.75, 3.05) is 18.4 Å². The smallest absolute Gasteiger partial charge is 0.277 e. The van der Waals surface area contributed by atoms with Crippen molar-refractivity contribution in [3.05, 3.63) is 41.2 Å². The number of hydrogen-bond acceptors (Lipinski definition) is 4. The average molecular weight is 411 g/mol. The summed E-state index contributed by atoms with van der Waals surface area (Å²) in [5, 5.41) is 7.09. The molecule has 27 heavy (non-hydrogen) atoms. The molecule has 1 amide bonds. The lowest BCUT2D eigenvalue weighted by molar-refractivity contribution is 0.102. The van der Waals surface area contributed by atoms with Crippen LogP contribution in [0.1, 0.15) is 43.1 Å². The summed E-state index contributed by atoms with van der Waals surface area (Å²) in [6, 6.07) is 6.19. The minimum Gasteiger partial charge on any atom is -0.321 e. The second-order valence-electron chi connectivity index (χ2n) is 6.48. The van der Waals surface area contributed by atoms with Gasteiger partial charge in [-0.1, -0.05) is 24.4 Å². The number of sulfonamides is 1. The highest BCUT2D eigenvalue weighted by Gasteiger charge is 2.25. The number of hydrogen-bond donors (Lipinski definition) is 1. The van der Waals surface area contributed by atoms with E-state index in [1.807, 2.05) is 6.92 Å². The maximum absolute atomic E-state index is 12.8. The lowest BCUT2D eigenvalue weighted by Gasteiger charge is -2.20. The molecule has 0 unspecified atom stereocenters. The van der Waals surface area contributed by atoms with E-state index in [2.05, 4.69) is 10.4 Å². The van der Waals surface area contributed by atoms with E-state index in [-0.39, 0.29) is 15.6 Å². The van der Waals surface area contributed by atoms with Gasteiger partial charge in [-0.25, -0.2) is 8.42 Å². The van der Waals surface area contributed by atoms with Gasteiger partial charge in [-0.2, -0.15) is 9.40 Å². The van der Waals surface area contributed by atoms with E-state index in [0.717, 1.165) is 25.7 Å². The van der Waals surface area contributed by atoms with Gasteiger partial charge in [-0.15, -0.1) is 0 Å². The molecule has 9 heteroatoms. The molecular weight excluding hydrogens is 388 g/mol. The number of aromatic nitrogens is 2. The third kappa shape index (κ3) is 4.51. The molecule has 1 aliphatic rings. The van der Waals surface area contributed by atoms with Gasteiger partial charge in [-0.05, 0) is 44.0 Å². The maximum Gasteiger partial charge on any atom is 0.277 e. The SMILES string of the molecule is CCn1cc(Cl)c(C(=O)Nc2ccc(S(=O)(=O)N3CCCCCC3)cc2)n1. The lowest BCUT2D eigenvalue weighted by atomic mass is 10.2. The van der Waals surface area contributed by atoms with Crippen LogP contribution in [0, 0.1) is 0 Å². The molecular formula is C18H23ClN4O3S. The summed E-state index contributed by atoms with van der Waals surface area (Å²) < 4.78 is 28.7. The van der Waals surface area contributed by atoms with Crippen molar-refractivity contribution in [1.29, 1.82) is 0 Å². The van der Waals surface area contributed by atoms with Gasteiger partial charge in [0.2, 0.25) is 10.0 Å². The molecule has 0 aliphatic carbocycles. The van der Waals surface area contributed by atoms with Crippen LogP contribution in [0.5, 0.6) is 0 Å².